The third-order valence-electron chi connectivity index (χ3n) is 18.1. The van der Waals surface area contributed by atoms with Crippen molar-refractivity contribution < 1.29 is 98.6 Å². The SMILES string of the molecule is CC.CC(Br)C(F)(F)F.CC(Sc1nn([C@@H]2O[C@H](CO)[C@@H](O[Si](C(C)C)(C(C)C)C(C)C)[C@@H]2F)c2ncnc(N)c12)C(F)(F)F.CC(Sc1nn([C@@H]2O[C@H](COS(N)(=O)=O)[C@@H](O)[C@@H]2F)c2ncnc(N)c12)C(F)(F)F.CC[C@H]1O[C@@H](n2[nH]c(=S)c3c(N)ncnc32)[C@@H](F)[C@@H]1O[Si](C(C)C)(C(C)C)C(C)C. The van der Waals surface area contributed by atoms with E-state index in [0.29, 0.717) is 62.2 Å². The maximum atomic E-state index is 16.1. The first kappa shape index (κ1) is 91.2. The lowest BCUT2D eigenvalue weighted by atomic mass is 10.1. The third kappa shape index (κ3) is 20.4. The highest BCUT2D eigenvalue weighted by molar-refractivity contribution is 9.09. The van der Waals surface area contributed by atoms with Crippen LogP contribution in [0, 0.1) is 4.64 Å². The second-order valence-electron chi connectivity index (χ2n) is 26.6. The molecule has 0 saturated carbocycles. The molecule has 11 N–H and O–H groups in total. The van der Waals surface area contributed by atoms with Crippen LogP contribution in [0.1, 0.15) is 150 Å². The Morgan fingerprint density at radius 1 is 0.590 bits per heavy atom. The molecule has 6 aromatic rings. The molecule has 3 saturated heterocycles. The molecule has 0 aromatic carbocycles. The third-order valence-corrected chi connectivity index (χ3v) is 33.8. The van der Waals surface area contributed by atoms with Gasteiger partial charge in [0.1, 0.15) is 97.0 Å². The number of hydrogen-bond acceptors (Lipinski definition) is 24. The van der Waals surface area contributed by atoms with Crippen molar-refractivity contribution in [3.05, 3.63) is 23.6 Å². The van der Waals surface area contributed by atoms with Gasteiger partial charge in [-0.05, 0) is 60.4 Å². The van der Waals surface area contributed by atoms with Gasteiger partial charge < -0.3 is 50.5 Å². The van der Waals surface area contributed by atoms with E-state index in [-0.39, 0.29) is 72.3 Å². The molecule has 3 unspecified atom stereocenters. The van der Waals surface area contributed by atoms with Crippen molar-refractivity contribution in [1.82, 2.24) is 59.2 Å². The van der Waals surface area contributed by atoms with Crippen molar-refractivity contribution in [3.63, 3.8) is 0 Å². The molecule has 3 aliphatic heterocycles. The topological polar surface area (TPSA) is 368 Å². The number of aliphatic hydroxyl groups excluding tert-OH is 2. The van der Waals surface area contributed by atoms with Crippen LogP contribution in [0.3, 0.4) is 0 Å². The standard InChI is InChI=1S/C22H35F4N5O3SSi.C20H34FN5O2SSi.C13H16F4N6O5S2.C3H4BrF3.C2H6/c1-10(2)36(11(3)4,12(5)6)34-17-14(8-32)33-21(16(17)23)31-19-15(18(27)28-9-29-19)20(30-31)35-13(7)22(24,25)26;1-8-13-16(28-30(10(2)3,11(4)5)12(6)7)15(21)20(27-13)26-18-14(19(29)25-26)17(22)23-9-24-18;1-4(13(15,16)17)29-11-6-9(18)20-3-21-10(6)23(22-11)12-7(14)8(24)5(28-12)2-27-30(19,25)26;1-2(4)3(5,6)7;1-2/h9-14,16-17,21,32H,8H2,1-7H3,(H2,27,28,29);9-13,15-16,20H,8H2,1-7H3,(H,25,29)(H2,22,23,24);3-5,7-8,12,24H,2H2,1H3,(H2,18,20,21)(H2,19,25,26);2H,1H3;1-2H3/t13?,14-,16+,17-,21-;13-,15+,16-,20-;4?,5-,7+,8-,12-;;/m111../s1. The summed E-state index contributed by atoms with van der Waals surface area (Å²) in [7, 11) is -9.23. The first-order valence-corrected chi connectivity index (χ1v) is 42.3. The average molecular weight is 1690 g/mol. The Labute approximate surface area is 624 Å². The van der Waals surface area contributed by atoms with E-state index < -0.39 is 142 Å². The fourth-order valence-electron chi connectivity index (χ4n) is 13.1. The van der Waals surface area contributed by atoms with E-state index in [1.807, 2.05) is 20.8 Å². The quantitative estimate of drug-likeness (QED) is 0.0109. The van der Waals surface area contributed by atoms with Crippen LogP contribution in [-0.4, -0.2) is 197 Å². The molecule has 26 nitrogen and oxygen atoms in total. The van der Waals surface area contributed by atoms with Gasteiger partial charge >= 0.3 is 28.8 Å². The maximum Gasteiger partial charge on any atom is 0.400 e. The Bertz CT molecular complexity index is 3940. The molecule has 0 spiro atoms. The molecule has 598 valence electrons. The molecule has 9 heterocycles. The number of nitrogens with zero attached hydrogens (tertiary/aromatic N) is 11. The van der Waals surface area contributed by atoms with Crippen LogP contribution in [-0.2, 0) is 37.5 Å². The number of nitrogens with two attached hydrogens (primary N) is 4. The first-order chi connectivity index (χ1) is 48.5. The Morgan fingerprint density at radius 3 is 1.29 bits per heavy atom. The zero-order chi connectivity index (χ0) is 80.0. The van der Waals surface area contributed by atoms with Crippen molar-refractivity contribution in [2.45, 2.75) is 282 Å². The molecule has 105 heavy (non-hydrogen) atoms. The number of thioether (sulfide) groups is 2. The van der Waals surface area contributed by atoms with Crippen molar-refractivity contribution in [3.8, 4) is 0 Å². The molecule has 0 aliphatic carbocycles. The number of aromatic amines is 1. The van der Waals surface area contributed by atoms with E-state index in [1.165, 1.54) is 11.0 Å². The lowest BCUT2D eigenvalue weighted by molar-refractivity contribution is -0.126. The molecule has 0 radical (unpaired) electrons. The lowest BCUT2D eigenvalue weighted by Gasteiger charge is -2.44. The van der Waals surface area contributed by atoms with Crippen LogP contribution >= 0.6 is 51.7 Å². The monoisotopic (exact) mass is 1690 g/mol. The van der Waals surface area contributed by atoms with Gasteiger partial charge in [0.2, 0.25) is 16.6 Å². The lowest BCUT2D eigenvalue weighted by Crippen LogP contribution is -2.53. The van der Waals surface area contributed by atoms with Crippen molar-refractivity contribution in [2.24, 2.45) is 5.14 Å². The molecular formula is C60H95BrF12N16O10S4Si2. The van der Waals surface area contributed by atoms with E-state index in [0.717, 1.165) is 42.8 Å². The zero-order valence-corrected chi connectivity index (χ0v) is 67.8. The molecule has 6 aromatic heterocycles. The number of hydrogen-bond donors (Lipinski definition) is 7. The van der Waals surface area contributed by atoms with E-state index >= 15 is 8.78 Å². The molecule has 45 heteroatoms. The molecular weight excluding hydrogens is 1600 g/mol. The molecule has 15 atom stereocenters. The predicted octanol–water partition coefficient (Wildman–Crippen LogP) is 14.1. The molecule has 3 fully saturated rings. The largest absolute Gasteiger partial charge is 0.407 e. The Morgan fingerprint density at radius 2 is 0.933 bits per heavy atom. The summed E-state index contributed by atoms with van der Waals surface area (Å²) < 4.78 is 220. The van der Waals surface area contributed by atoms with E-state index in [1.54, 1.807) is 0 Å². The summed E-state index contributed by atoms with van der Waals surface area (Å²) in [5.74, 6) is -0.000772. The van der Waals surface area contributed by atoms with Crippen LogP contribution in [0.15, 0.2) is 29.0 Å². The minimum atomic E-state index is -4.55. The number of aromatic nitrogens is 12. The predicted molar refractivity (Wildman–Crippen MR) is 386 cm³/mol. The van der Waals surface area contributed by atoms with Gasteiger partial charge in [0.15, 0.2) is 54.1 Å². The van der Waals surface area contributed by atoms with E-state index in [9.17, 15) is 62.5 Å². The smallest absolute Gasteiger partial charge is 0.400 e. The van der Waals surface area contributed by atoms with Crippen LogP contribution in [0.5, 0.6) is 0 Å². The summed E-state index contributed by atoms with van der Waals surface area (Å²) in [6.07, 6.45) is -24.6. The highest BCUT2D eigenvalue weighted by Crippen LogP contribution is 2.50. The average Bonchev–Trinajstić information content (AvgIpc) is 1.62. The van der Waals surface area contributed by atoms with Gasteiger partial charge in [-0.2, -0.15) is 58.1 Å². The summed E-state index contributed by atoms with van der Waals surface area (Å²) in [5, 5.41) is 32.5. The highest BCUT2D eigenvalue weighted by Gasteiger charge is 2.57. The van der Waals surface area contributed by atoms with E-state index in [2.05, 4.69) is 148 Å². The number of halogens is 13. The van der Waals surface area contributed by atoms with Crippen molar-refractivity contribution in [2.75, 3.05) is 30.4 Å². The van der Waals surface area contributed by atoms with Gasteiger partial charge in [0.05, 0.1) is 35.5 Å². The van der Waals surface area contributed by atoms with Crippen molar-refractivity contribution >= 4 is 129 Å². The second kappa shape index (κ2) is 36.6. The minimum Gasteiger partial charge on any atom is -0.407 e. The van der Waals surface area contributed by atoms with Crippen molar-refractivity contribution in [1.29, 1.82) is 0 Å². The normalized spacial score (nSPS) is 24.3. The highest BCUT2D eigenvalue weighted by atomic mass is 79.9. The van der Waals surface area contributed by atoms with Gasteiger partial charge in [-0.25, -0.2) is 62.3 Å². The number of aliphatic hydroxyl groups is 2. The number of fused-ring (bicyclic) bond motifs is 3. The van der Waals surface area contributed by atoms with E-state index in [4.69, 9.17) is 57.6 Å². The van der Waals surface area contributed by atoms with Crippen LogP contribution in [0.25, 0.3) is 33.1 Å². The fourth-order valence-corrected chi connectivity index (χ4v) is 26.7. The number of H-pyrrole nitrogens is 1. The minimum absolute atomic E-state index is 0.0458. The van der Waals surface area contributed by atoms with Gasteiger partial charge in [0, 0.05) is 0 Å². The molecule has 0 amide bonds. The summed E-state index contributed by atoms with van der Waals surface area (Å²) in [4.78, 5) is 22.5. The number of alkyl halides is 13. The molecule has 9 rings (SSSR count). The Kier molecular flexibility index (Phi) is 31.8. The number of anilines is 3. The molecule has 3 aliphatic rings. The number of nitrogen functional groups attached to an aromatic ring is 3. The summed E-state index contributed by atoms with van der Waals surface area (Å²) in [5.41, 5.74) is 19.6. The van der Waals surface area contributed by atoms with Gasteiger partial charge in [-0.3, -0.25) is 9.28 Å². The van der Waals surface area contributed by atoms with Crippen LogP contribution < -0.4 is 22.3 Å². The van der Waals surface area contributed by atoms with Gasteiger partial charge in [-0.15, -0.1) is 0 Å². The fraction of sp³-hybridized carbons (Fsp3) is 0.750. The van der Waals surface area contributed by atoms with Gasteiger partial charge in [-0.1, -0.05) is 156 Å². The number of rotatable bonds is 22. The van der Waals surface area contributed by atoms with Crippen LogP contribution in [0.2, 0.25) is 33.2 Å². The second-order valence-corrected chi connectivity index (χ2v) is 43.1. The number of nitrogens with one attached hydrogen (secondary N) is 1. The Hall–Kier alpha value is -4.37. The summed E-state index contributed by atoms with van der Waals surface area (Å²) in [6.45, 7) is 33.2. The maximum absolute atomic E-state index is 16.1. The summed E-state index contributed by atoms with van der Waals surface area (Å²) >= 11 is 8.49. The summed E-state index contributed by atoms with van der Waals surface area (Å²) in [6, 6.07) is 0. The van der Waals surface area contributed by atoms with Gasteiger partial charge in [0.25, 0.3) is 0 Å². The zero-order valence-electron chi connectivity index (χ0n) is 60.9. The Balaban J connectivity index is 0.000000268. The van der Waals surface area contributed by atoms with Crippen LogP contribution in [0.4, 0.5) is 70.1 Å². The first-order valence-electron chi connectivity index (χ1n) is 33.5. The number of ether oxygens (including phenoxy) is 3. The molecule has 0 bridgehead atoms.